The highest BCUT2D eigenvalue weighted by Gasteiger charge is 2.24. The smallest absolute Gasteiger partial charge is 0.349 e. The van der Waals surface area contributed by atoms with Crippen LogP contribution in [0, 0.1) is 21.4 Å². The largest absolute Gasteiger partial charge is 0.506 e. The molecule has 11 heteroatoms. The molecule has 0 aliphatic rings. The molecule has 3 aromatic carbocycles. The van der Waals surface area contributed by atoms with Gasteiger partial charge in [-0.2, -0.15) is 10.4 Å². The molecule has 6 rings (SSSR count). The number of aromatic nitrogens is 3. The maximum absolute atomic E-state index is 13.0. The predicted molar refractivity (Wildman–Crippen MR) is 151 cm³/mol. The fourth-order valence-electron chi connectivity index (χ4n) is 4.65. The number of nitrogens with two attached hydrogens (primary N) is 1. The Morgan fingerprint density at radius 3 is 2.51 bits per heavy atom. The number of anilines is 1. The van der Waals surface area contributed by atoms with E-state index in [1.165, 1.54) is 24.3 Å². The lowest BCUT2D eigenvalue weighted by Crippen LogP contribution is -2.07. The van der Waals surface area contributed by atoms with Gasteiger partial charge in [0.05, 0.1) is 21.7 Å². The zero-order chi connectivity index (χ0) is 28.7. The molecule has 198 valence electrons. The number of hydrogen-bond donors (Lipinski definition) is 2. The molecular formula is C30H18N6O5. The van der Waals surface area contributed by atoms with Gasteiger partial charge in [0.25, 0.3) is 5.69 Å². The molecule has 0 atom stereocenters. The minimum Gasteiger partial charge on any atom is -0.506 e. The number of non-ortho nitro benzene ring substituents is 1. The van der Waals surface area contributed by atoms with Crippen LogP contribution in [0.3, 0.4) is 0 Å². The SMILES string of the molecule is N#Cc1c(-c2cn(-c3ccccc3)nc2-c2cccc([N+](=O)[O-])c2)cc(-c2c(O)c3ccccc3oc2=O)nc1N. The summed E-state index contributed by atoms with van der Waals surface area (Å²) >= 11 is 0. The van der Waals surface area contributed by atoms with E-state index in [0.29, 0.717) is 27.9 Å². The summed E-state index contributed by atoms with van der Waals surface area (Å²) < 4.78 is 6.99. The number of nitrogens with zero attached hydrogens (tertiary/aromatic N) is 5. The molecule has 0 spiro atoms. The second-order valence-corrected chi connectivity index (χ2v) is 9.02. The van der Waals surface area contributed by atoms with Gasteiger partial charge in [-0.25, -0.2) is 14.5 Å². The lowest BCUT2D eigenvalue weighted by atomic mass is 9.96. The number of benzene rings is 3. The third kappa shape index (κ3) is 4.31. The summed E-state index contributed by atoms with van der Waals surface area (Å²) in [5.41, 5.74) is 7.26. The van der Waals surface area contributed by atoms with Gasteiger partial charge in [-0.05, 0) is 30.3 Å². The number of nitriles is 1. The standard InChI is InChI=1S/C30H18N6O5/c31-15-22-21(14-24(33-29(22)32)26-28(37)20-11-4-5-12-25(20)41-30(26)38)23-16-35(18-8-2-1-3-9-18)34-27(23)17-7-6-10-19(13-17)36(39)40/h1-14,16,37H,(H2,32,33). The van der Waals surface area contributed by atoms with Gasteiger partial charge < -0.3 is 15.3 Å². The van der Waals surface area contributed by atoms with Gasteiger partial charge in [0.1, 0.15) is 40.0 Å². The monoisotopic (exact) mass is 542 g/mol. The van der Waals surface area contributed by atoms with Crippen molar-refractivity contribution in [3.05, 3.63) is 117 Å². The van der Waals surface area contributed by atoms with Crippen LogP contribution in [0.4, 0.5) is 11.5 Å². The zero-order valence-electron chi connectivity index (χ0n) is 21.1. The number of nitro groups is 1. The number of pyridine rings is 1. The predicted octanol–water partition coefficient (Wildman–Crippen LogP) is 5.44. The minimum atomic E-state index is -0.845. The van der Waals surface area contributed by atoms with Crippen molar-refractivity contribution < 1.29 is 14.4 Å². The molecule has 0 aliphatic carbocycles. The summed E-state index contributed by atoms with van der Waals surface area (Å²) in [5, 5.41) is 37.6. The van der Waals surface area contributed by atoms with Gasteiger partial charge >= 0.3 is 5.63 Å². The van der Waals surface area contributed by atoms with E-state index in [2.05, 4.69) is 11.1 Å². The van der Waals surface area contributed by atoms with E-state index < -0.39 is 10.5 Å². The van der Waals surface area contributed by atoms with Crippen LogP contribution in [0.2, 0.25) is 0 Å². The first-order valence-corrected chi connectivity index (χ1v) is 12.2. The third-order valence-corrected chi connectivity index (χ3v) is 6.56. The highest BCUT2D eigenvalue weighted by molar-refractivity contribution is 5.92. The van der Waals surface area contributed by atoms with Crippen molar-refractivity contribution in [1.82, 2.24) is 14.8 Å². The van der Waals surface area contributed by atoms with Gasteiger partial charge in [0.2, 0.25) is 0 Å². The number of rotatable bonds is 5. The third-order valence-electron chi connectivity index (χ3n) is 6.56. The molecule has 3 N–H and O–H groups in total. The zero-order valence-corrected chi connectivity index (χ0v) is 21.1. The Bertz CT molecular complexity index is 2090. The van der Waals surface area contributed by atoms with Gasteiger partial charge in [-0.3, -0.25) is 10.1 Å². The molecule has 0 saturated heterocycles. The molecule has 3 heterocycles. The first-order valence-electron chi connectivity index (χ1n) is 12.2. The topological polar surface area (TPSA) is 174 Å². The van der Waals surface area contributed by atoms with Crippen LogP contribution in [-0.2, 0) is 0 Å². The van der Waals surface area contributed by atoms with Crippen LogP contribution in [0.15, 0.2) is 100 Å². The van der Waals surface area contributed by atoms with E-state index >= 15 is 0 Å². The van der Waals surface area contributed by atoms with Crippen LogP contribution in [0.1, 0.15) is 5.56 Å². The van der Waals surface area contributed by atoms with Crippen molar-refractivity contribution in [2.75, 3.05) is 5.73 Å². The lowest BCUT2D eigenvalue weighted by molar-refractivity contribution is -0.384. The van der Waals surface area contributed by atoms with Crippen molar-refractivity contribution in [1.29, 1.82) is 5.26 Å². The molecule has 0 unspecified atom stereocenters. The highest BCUT2D eigenvalue weighted by atomic mass is 16.6. The molecule has 0 saturated carbocycles. The van der Waals surface area contributed by atoms with E-state index in [-0.39, 0.29) is 45.2 Å². The number of hydrogen-bond acceptors (Lipinski definition) is 9. The van der Waals surface area contributed by atoms with Crippen molar-refractivity contribution >= 4 is 22.5 Å². The molecule has 6 aromatic rings. The first kappa shape index (κ1) is 25.0. The molecule has 41 heavy (non-hydrogen) atoms. The van der Waals surface area contributed by atoms with Gasteiger partial charge in [-0.15, -0.1) is 0 Å². The average molecular weight is 543 g/mol. The van der Waals surface area contributed by atoms with E-state index in [0.717, 1.165) is 0 Å². The van der Waals surface area contributed by atoms with E-state index in [9.17, 15) is 25.3 Å². The normalized spacial score (nSPS) is 10.9. The van der Waals surface area contributed by atoms with Crippen LogP contribution < -0.4 is 11.4 Å². The number of nitro benzene ring substituents is 1. The first-order chi connectivity index (χ1) is 19.9. The Morgan fingerprint density at radius 1 is 1.00 bits per heavy atom. The van der Waals surface area contributed by atoms with Crippen molar-refractivity contribution in [2.24, 2.45) is 0 Å². The number of nitrogen functional groups attached to an aromatic ring is 1. The van der Waals surface area contributed by atoms with Crippen LogP contribution in [-0.4, -0.2) is 24.8 Å². The number of fused-ring (bicyclic) bond motifs is 1. The molecule has 0 radical (unpaired) electrons. The van der Waals surface area contributed by atoms with Crippen LogP contribution in [0.25, 0.3) is 50.3 Å². The summed E-state index contributed by atoms with van der Waals surface area (Å²) in [7, 11) is 0. The number of aromatic hydroxyl groups is 1. The molecule has 0 aliphatic heterocycles. The molecule has 0 fully saturated rings. The fourth-order valence-corrected chi connectivity index (χ4v) is 4.65. The summed E-state index contributed by atoms with van der Waals surface area (Å²) in [4.78, 5) is 28.3. The second kappa shape index (κ2) is 9.79. The maximum Gasteiger partial charge on any atom is 0.349 e. The summed E-state index contributed by atoms with van der Waals surface area (Å²) in [6, 6.07) is 25.1. The molecule has 3 aromatic heterocycles. The van der Waals surface area contributed by atoms with E-state index in [4.69, 9.17) is 15.2 Å². The Kier molecular flexibility index (Phi) is 5.98. The Balaban J connectivity index is 1.65. The van der Waals surface area contributed by atoms with Gasteiger partial charge in [-0.1, -0.05) is 42.5 Å². The average Bonchev–Trinajstić information content (AvgIpc) is 3.43. The van der Waals surface area contributed by atoms with E-state index in [1.807, 2.05) is 30.3 Å². The van der Waals surface area contributed by atoms with Crippen molar-refractivity contribution in [3.63, 3.8) is 0 Å². The Morgan fingerprint density at radius 2 is 1.76 bits per heavy atom. The summed E-state index contributed by atoms with van der Waals surface area (Å²) in [6.45, 7) is 0. The van der Waals surface area contributed by atoms with Gasteiger partial charge in [0.15, 0.2) is 0 Å². The van der Waals surface area contributed by atoms with Crippen LogP contribution >= 0.6 is 0 Å². The van der Waals surface area contributed by atoms with Crippen molar-refractivity contribution in [2.45, 2.75) is 0 Å². The molecule has 0 amide bonds. The molecule has 0 bridgehead atoms. The lowest BCUT2D eigenvalue weighted by Gasteiger charge is -2.11. The Labute approximate surface area is 231 Å². The quantitative estimate of drug-likeness (QED) is 0.163. The minimum absolute atomic E-state index is 0.00212. The van der Waals surface area contributed by atoms with E-state index in [1.54, 1.807) is 41.2 Å². The summed E-state index contributed by atoms with van der Waals surface area (Å²) in [5.74, 6) is -0.539. The highest BCUT2D eigenvalue weighted by Crippen LogP contribution is 2.40. The molecular weight excluding hydrogens is 524 g/mol. The van der Waals surface area contributed by atoms with Gasteiger partial charge in [0, 0.05) is 35.0 Å². The second-order valence-electron chi connectivity index (χ2n) is 9.02. The van der Waals surface area contributed by atoms with Crippen LogP contribution in [0.5, 0.6) is 5.75 Å². The molecule has 11 nitrogen and oxygen atoms in total. The summed E-state index contributed by atoms with van der Waals surface area (Å²) in [6.07, 6.45) is 1.66. The Hall–Kier alpha value is -6.28. The number of para-hydroxylation sites is 2. The fraction of sp³-hybridized carbons (Fsp3) is 0. The van der Waals surface area contributed by atoms with Crippen molar-refractivity contribution in [3.8, 4) is 51.1 Å². The maximum atomic E-state index is 13.0.